The Kier molecular flexibility index (Phi) is 9.80. The predicted molar refractivity (Wildman–Crippen MR) is 145 cm³/mol. The van der Waals surface area contributed by atoms with E-state index in [0.29, 0.717) is 18.7 Å². The number of amides is 3. The summed E-state index contributed by atoms with van der Waals surface area (Å²) in [5.41, 5.74) is -0.369. The van der Waals surface area contributed by atoms with Gasteiger partial charge in [0.05, 0.1) is 18.3 Å². The van der Waals surface area contributed by atoms with Gasteiger partial charge in [0.15, 0.2) is 0 Å². The first kappa shape index (κ1) is 29.5. The van der Waals surface area contributed by atoms with E-state index in [-0.39, 0.29) is 36.1 Å². The molecule has 2 saturated heterocycles. The van der Waals surface area contributed by atoms with Crippen molar-refractivity contribution in [1.29, 1.82) is 0 Å². The first-order valence-corrected chi connectivity index (χ1v) is 13.7. The van der Waals surface area contributed by atoms with E-state index >= 15 is 0 Å². The lowest BCUT2D eigenvalue weighted by molar-refractivity contribution is -0.137. The van der Waals surface area contributed by atoms with E-state index in [2.05, 4.69) is 27.4 Å². The molecule has 2 aliphatic rings. The van der Waals surface area contributed by atoms with Crippen LogP contribution in [-0.2, 0) is 11.0 Å². The minimum absolute atomic E-state index is 0.0507. The summed E-state index contributed by atoms with van der Waals surface area (Å²) in [6, 6.07) is 13.6. The van der Waals surface area contributed by atoms with Crippen LogP contribution in [0.4, 0.5) is 13.2 Å². The van der Waals surface area contributed by atoms with Crippen LogP contribution in [-0.4, -0.2) is 90.4 Å². The van der Waals surface area contributed by atoms with Gasteiger partial charge in [0.25, 0.3) is 11.8 Å². The van der Waals surface area contributed by atoms with E-state index in [9.17, 15) is 27.6 Å². The Balaban J connectivity index is 1.25. The molecule has 8 nitrogen and oxygen atoms in total. The van der Waals surface area contributed by atoms with E-state index in [1.54, 1.807) is 0 Å². The smallest absolute Gasteiger partial charge is 0.343 e. The quantitative estimate of drug-likeness (QED) is 0.493. The average molecular weight is 560 g/mol. The molecule has 2 atom stereocenters. The number of hydrogen-bond donors (Lipinski definition) is 2. The van der Waals surface area contributed by atoms with E-state index < -0.39 is 17.6 Å². The highest BCUT2D eigenvalue weighted by molar-refractivity contribution is 5.96. The second-order valence-electron chi connectivity index (χ2n) is 10.2. The van der Waals surface area contributed by atoms with Gasteiger partial charge in [0, 0.05) is 56.4 Å². The largest absolute Gasteiger partial charge is 0.416 e. The Morgan fingerprint density at radius 1 is 0.950 bits per heavy atom. The topological polar surface area (TPSA) is 85.0 Å². The van der Waals surface area contributed by atoms with Gasteiger partial charge >= 0.3 is 6.18 Å². The normalized spacial score (nSPS) is 19.3. The number of benzene rings is 2. The van der Waals surface area contributed by atoms with Crippen molar-refractivity contribution in [2.45, 2.75) is 44.6 Å². The van der Waals surface area contributed by atoms with E-state index in [4.69, 9.17) is 0 Å². The minimum Gasteiger partial charge on any atom is -0.343 e. The number of hydrogen-bond acceptors (Lipinski definition) is 5. The molecule has 2 N–H and O–H groups in total. The molecule has 0 spiro atoms. The lowest BCUT2D eigenvalue weighted by atomic mass is 10.1. The number of piperazine rings is 1. The van der Waals surface area contributed by atoms with Crippen molar-refractivity contribution in [2.75, 3.05) is 45.8 Å². The van der Waals surface area contributed by atoms with Crippen molar-refractivity contribution in [3.8, 4) is 0 Å². The summed E-state index contributed by atoms with van der Waals surface area (Å²) < 4.78 is 38.8. The lowest BCUT2D eigenvalue weighted by Gasteiger charge is -2.40. The number of halogens is 3. The summed E-state index contributed by atoms with van der Waals surface area (Å²) in [6.07, 6.45) is -2.13. The van der Waals surface area contributed by atoms with E-state index in [1.165, 1.54) is 12.1 Å². The monoisotopic (exact) mass is 559 g/mol. The van der Waals surface area contributed by atoms with Crippen LogP contribution in [0.2, 0.25) is 0 Å². The zero-order chi connectivity index (χ0) is 28.7. The molecule has 0 bridgehead atoms. The molecule has 2 heterocycles. The second-order valence-corrected chi connectivity index (χ2v) is 10.2. The molecule has 3 amide bonds. The van der Waals surface area contributed by atoms with Crippen LogP contribution >= 0.6 is 0 Å². The van der Waals surface area contributed by atoms with E-state index in [0.717, 1.165) is 57.6 Å². The van der Waals surface area contributed by atoms with Crippen LogP contribution in [0.15, 0.2) is 54.6 Å². The molecule has 2 aliphatic heterocycles. The van der Waals surface area contributed by atoms with Crippen molar-refractivity contribution >= 4 is 17.7 Å². The van der Waals surface area contributed by atoms with Gasteiger partial charge in [-0.05, 0) is 49.6 Å². The van der Waals surface area contributed by atoms with Crippen molar-refractivity contribution in [3.63, 3.8) is 0 Å². The van der Waals surface area contributed by atoms with Gasteiger partial charge in [-0.15, -0.1) is 0 Å². The molecule has 2 unspecified atom stereocenters. The third-order valence-electron chi connectivity index (χ3n) is 7.57. The number of nitrogens with zero attached hydrogens (tertiary/aromatic N) is 3. The summed E-state index contributed by atoms with van der Waals surface area (Å²) in [4.78, 5) is 44.3. The summed E-state index contributed by atoms with van der Waals surface area (Å²) in [6.45, 7) is 6.34. The molecular weight excluding hydrogens is 523 g/mol. The number of carbonyl (C=O) groups is 3. The Labute approximate surface area is 232 Å². The second kappa shape index (κ2) is 13.3. The zero-order valence-electron chi connectivity index (χ0n) is 22.6. The Morgan fingerprint density at radius 3 is 2.33 bits per heavy atom. The van der Waals surface area contributed by atoms with Crippen LogP contribution in [0.1, 0.15) is 52.5 Å². The van der Waals surface area contributed by atoms with Gasteiger partial charge in [-0.1, -0.05) is 31.2 Å². The van der Waals surface area contributed by atoms with Crippen molar-refractivity contribution < 1.29 is 27.6 Å². The van der Waals surface area contributed by atoms with Gasteiger partial charge in [-0.2, -0.15) is 13.2 Å². The molecule has 4 rings (SSSR count). The first-order chi connectivity index (χ1) is 19.2. The maximum atomic E-state index is 12.9. The van der Waals surface area contributed by atoms with Gasteiger partial charge in [0.1, 0.15) is 0 Å². The fraction of sp³-hybridized carbons (Fsp3) is 0.483. The molecule has 2 aromatic rings. The van der Waals surface area contributed by atoms with E-state index in [1.807, 2.05) is 35.2 Å². The number of alkyl halides is 3. The fourth-order valence-electron chi connectivity index (χ4n) is 5.38. The molecule has 2 fully saturated rings. The van der Waals surface area contributed by atoms with Gasteiger partial charge in [-0.25, -0.2) is 0 Å². The highest BCUT2D eigenvalue weighted by atomic mass is 19.4. The SMILES string of the molecule is CCC(CN1CCN(C(=O)c2ccccc2)CC1)N1CCCC1NC(=O)CNC(=O)c1cccc(C(F)(F)F)c1. The van der Waals surface area contributed by atoms with Crippen molar-refractivity contribution in [1.82, 2.24) is 25.3 Å². The van der Waals surface area contributed by atoms with Crippen molar-refractivity contribution in [3.05, 3.63) is 71.3 Å². The number of rotatable bonds is 9. The van der Waals surface area contributed by atoms with Gasteiger partial charge < -0.3 is 15.5 Å². The maximum absolute atomic E-state index is 12.9. The predicted octanol–water partition coefficient (Wildman–Crippen LogP) is 3.21. The maximum Gasteiger partial charge on any atom is 0.416 e. The Morgan fingerprint density at radius 2 is 1.65 bits per heavy atom. The standard InChI is InChI=1S/C29H36F3N5O3/c1-2-24(20-35-14-16-36(17-15-35)28(40)21-8-4-3-5-9-21)37-13-7-12-25(37)34-26(38)19-33-27(39)22-10-6-11-23(18-22)29(30,31)32/h3-6,8-11,18,24-25H,2,7,12-17,19-20H2,1H3,(H,33,39)(H,34,38). The molecular formula is C29H36F3N5O3. The van der Waals surface area contributed by atoms with Crippen LogP contribution in [0.25, 0.3) is 0 Å². The molecule has 2 aromatic carbocycles. The zero-order valence-corrected chi connectivity index (χ0v) is 22.6. The summed E-state index contributed by atoms with van der Waals surface area (Å²) in [5.74, 6) is -1.07. The molecule has 40 heavy (non-hydrogen) atoms. The molecule has 0 aromatic heterocycles. The number of carbonyl (C=O) groups excluding carboxylic acids is 3. The first-order valence-electron chi connectivity index (χ1n) is 13.7. The van der Waals surface area contributed by atoms with Crippen LogP contribution in [0.3, 0.4) is 0 Å². The Bertz CT molecular complexity index is 1170. The lowest BCUT2D eigenvalue weighted by Crippen LogP contribution is -2.56. The molecule has 0 radical (unpaired) electrons. The summed E-state index contributed by atoms with van der Waals surface area (Å²) in [5, 5.41) is 5.41. The molecule has 216 valence electrons. The summed E-state index contributed by atoms with van der Waals surface area (Å²) in [7, 11) is 0. The van der Waals surface area contributed by atoms with Gasteiger partial charge in [-0.3, -0.25) is 24.2 Å². The minimum atomic E-state index is -4.55. The molecule has 0 saturated carbocycles. The third-order valence-corrected chi connectivity index (χ3v) is 7.57. The highest BCUT2D eigenvalue weighted by Crippen LogP contribution is 2.29. The third kappa shape index (κ3) is 7.60. The molecule has 0 aliphatic carbocycles. The van der Waals surface area contributed by atoms with Crippen molar-refractivity contribution in [2.24, 2.45) is 0 Å². The number of likely N-dealkylation sites (tertiary alicyclic amines) is 1. The highest BCUT2D eigenvalue weighted by Gasteiger charge is 2.33. The average Bonchev–Trinajstić information content (AvgIpc) is 3.42. The Hall–Kier alpha value is -3.44. The fourth-order valence-corrected chi connectivity index (χ4v) is 5.38. The van der Waals surface area contributed by atoms with Gasteiger partial charge in [0.2, 0.25) is 5.91 Å². The molecule has 11 heteroatoms. The van der Waals surface area contributed by atoms with Crippen LogP contribution in [0, 0.1) is 0 Å². The van der Waals surface area contributed by atoms with Crippen LogP contribution in [0.5, 0.6) is 0 Å². The summed E-state index contributed by atoms with van der Waals surface area (Å²) >= 11 is 0. The van der Waals surface area contributed by atoms with Crippen LogP contribution < -0.4 is 10.6 Å². The number of nitrogens with one attached hydrogen (secondary N) is 2.